The van der Waals surface area contributed by atoms with Crippen molar-refractivity contribution in [3.63, 3.8) is 0 Å². The summed E-state index contributed by atoms with van der Waals surface area (Å²) in [6, 6.07) is 11.6. The molecule has 0 aliphatic carbocycles. The molecule has 1 N–H and O–H groups in total. The molecule has 0 unspecified atom stereocenters. The van der Waals surface area contributed by atoms with Crippen LogP contribution < -0.4 is 5.32 Å². The lowest BCUT2D eigenvalue weighted by atomic mass is 10.2. The van der Waals surface area contributed by atoms with Gasteiger partial charge in [-0.25, -0.2) is 4.98 Å². The van der Waals surface area contributed by atoms with Crippen molar-refractivity contribution >= 4 is 23.2 Å². The highest BCUT2D eigenvalue weighted by molar-refractivity contribution is 5.92. The maximum absolute atomic E-state index is 12.5. The number of amides is 2. The zero-order valence-electron chi connectivity index (χ0n) is 14.5. The van der Waals surface area contributed by atoms with Gasteiger partial charge in [-0.15, -0.1) is 0 Å². The maximum Gasteiger partial charge on any atom is 0.272 e. The number of para-hydroxylation sites is 1. The Kier molecular flexibility index (Phi) is 4.97. The minimum absolute atomic E-state index is 0.0526. The molecule has 3 rings (SSSR count). The lowest BCUT2D eigenvalue weighted by Gasteiger charge is -2.34. The van der Waals surface area contributed by atoms with Crippen molar-refractivity contribution < 1.29 is 9.59 Å². The van der Waals surface area contributed by atoms with Gasteiger partial charge in [0.1, 0.15) is 5.69 Å². The summed E-state index contributed by atoms with van der Waals surface area (Å²) >= 11 is 0. The fourth-order valence-corrected chi connectivity index (χ4v) is 2.85. The summed E-state index contributed by atoms with van der Waals surface area (Å²) in [6.45, 7) is 5.84. The molecule has 6 heteroatoms. The molecule has 25 heavy (non-hydrogen) atoms. The van der Waals surface area contributed by atoms with Gasteiger partial charge in [-0.1, -0.05) is 18.2 Å². The molecular weight excluding hydrogens is 316 g/mol. The van der Waals surface area contributed by atoms with Gasteiger partial charge in [-0.2, -0.15) is 0 Å². The number of aromatic nitrogens is 1. The molecule has 2 aromatic rings. The van der Waals surface area contributed by atoms with Crippen LogP contribution in [0.1, 0.15) is 23.0 Å². The zero-order valence-corrected chi connectivity index (χ0v) is 14.5. The first-order valence-corrected chi connectivity index (χ1v) is 8.38. The number of nitrogens with one attached hydrogen (secondary N) is 1. The normalized spacial score (nSPS) is 14.3. The fraction of sp³-hybridized carbons (Fsp3) is 0.316. The van der Waals surface area contributed by atoms with E-state index < -0.39 is 0 Å². The third-order valence-electron chi connectivity index (χ3n) is 4.42. The van der Waals surface area contributed by atoms with Crippen molar-refractivity contribution in [2.75, 3.05) is 31.5 Å². The Morgan fingerprint density at radius 1 is 1.00 bits per heavy atom. The second-order valence-corrected chi connectivity index (χ2v) is 6.17. The number of carbonyl (C=O) groups is 2. The van der Waals surface area contributed by atoms with Crippen LogP contribution in [0.2, 0.25) is 0 Å². The molecule has 1 aromatic heterocycles. The Morgan fingerprint density at radius 3 is 2.28 bits per heavy atom. The topological polar surface area (TPSA) is 65.5 Å². The van der Waals surface area contributed by atoms with Gasteiger partial charge in [-0.05, 0) is 30.7 Å². The van der Waals surface area contributed by atoms with Gasteiger partial charge in [0, 0.05) is 38.8 Å². The van der Waals surface area contributed by atoms with Crippen LogP contribution in [0.4, 0.5) is 11.4 Å². The second kappa shape index (κ2) is 7.34. The summed E-state index contributed by atoms with van der Waals surface area (Å²) in [6.07, 6.45) is 1.67. The van der Waals surface area contributed by atoms with Gasteiger partial charge >= 0.3 is 0 Å². The Hall–Kier alpha value is -2.89. The van der Waals surface area contributed by atoms with Crippen LogP contribution in [0.5, 0.6) is 0 Å². The van der Waals surface area contributed by atoms with Gasteiger partial charge in [-0.3, -0.25) is 9.59 Å². The van der Waals surface area contributed by atoms with Crippen LogP contribution in [0.25, 0.3) is 0 Å². The van der Waals surface area contributed by atoms with E-state index in [9.17, 15) is 9.59 Å². The van der Waals surface area contributed by atoms with E-state index in [1.165, 1.54) is 0 Å². The largest absolute Gasteiger partial charge is 0.354 e. The molecule has 1 fully saturated rings. The first kappa shape index (κ1) is 17.0. The van der Waals surface area contributed by atoms with E-state index in [1.807, 2.05) is 37.3 Å². The highest BCUT2D eigenvalue weighted by Crippen LogP contribution is 2.19. The van der Waals surface area contributed by atoms with E-state index >= 15 is 0 Å². The van der Waals surface area contributed by atoms with E-state index in [2.05, 4.69) is 10.3 Å². The molecule has 2 heterocycles. The van der Waals surface area contributed by atoms with E-state index in [0.717, 1.165) is 16.9 Å². The second-order valence-electron chi connectivity index (χ2n) is 6.17. The Bertz CT molecular complexity index is 765. The summed E-state index contributed by atoms with van der Waals surface area (Å²) in [5.41, 5.74) is 3.42. The predicted octanol–water partition coefficient (Wildman–Crippen LogP) is 2.44. The molecule has 1 aliphatic heterocycles. The zero-order chi connectivity index (χ0) is 17.8. The number of carbonyl (C=O) groups excluding carboxylic acids is 2. The highest BCUT2D eigenvalue weighted by atomic mass is 16.2. The number of pyridine rings is 1. The number of benzene rings is 1. The number of hydrogen-bond donors (Lipinski definition) is 1. The van der Waals surface area contributed by atoms with E-state index in [1.54, 1.807) is 29.0 Å². The molecule has 1 saturated heterocycles. The van der Waals surface area contributed by atoms with Crippen molar-refractivity contribution in [3.05, 3.63) is 53.9 Å². The minimum Gasteiger partial charge on any atom is -0.354 e. The van der Waals surface area contributed by atoms with Crippen molar-refractivity contribution in [2.24, 2.45) is 0 Å². The van der Waals surface area contributed by atoms with Gasteiger partial charge < -0.3 is 15.1 Å². The summed E-state index contributed by atoms with van der Waals surface area (Å²) in [4.78, 5) is 31.7. The number of nitrogens with zero attached hydrogens (tertiary/aromatic N) is 3. The van der Waals surface area contributed by atoms with Crippen molar-refractivity contribution in [1.82, 2.24) is 14.8 Å². The molecule has 0 saturated carbocycles. The van der Waals surface area contributed by atoms with Crippen LogP contribution in [0.15, 0.2) is 42.6 Å². The SMILES string of the molecule is CC(=O)N1CCN(C(=O)c2ccc(Nc3ccccc3C)cn2)CC1. The summed E-state index contributed by atoms with van der Waals surface area (Å²) in [5, 5.41) is 3.30. The van der Waals surface area contributed by atoms with Crippen LogP contribution in [-0.4, -0.2) is 52.8 Å². The molecule has 2 amide bonds. The lowest BCUT2D eigenvalue weighted by molar-refractivity contribution is -0.130. The van der Waals surface area contributed by atoms with E-state index in [-0.39, 0.29) is 11.8 Å². The maximum atomic E-state index is 12.5. The fourth-order valence-electron chi connectivity index (χ4n) is 2.85. The third kappa shape index (κ3) is 3.96. The number of hydrogen-bond acceptors (Lipinski definition) is 4. The monoisotopic (exact) mass is 338 g/mol. The standard InChI is InChI=1S/C19H22N4O2/c1-14-5-3-4-6-17(14)21-16-7-8-18(20-13-16)19(25)23-11-9-22(10-12-23)15(2)24/h3-8,13,21H,9-12H2,1-2H3. The lowest BCUT2D eigenvalue weighted by Crippen LogP contribution is -2.50. The van der Waals surface area contributed by atoms with Crippen LogP contribution in [0.3, 0.4) is 0 Å². The number of anilines is 2. The molecule has 1 aromatic carbocycles. The molecular formula is C19H22N4O2. The smallest absolute Gasteiger partial charge is 0.272 e. The van der Waals surface area contributed by atoms with E-state index in [0.29, 0.717) is 31.9 Å². The summed E-state index contributed by atoms with van der Waals surface area (Å²) < 4.78 is 0. The van der Waals surface area contributed by atoms with Crippen LogP contribution >= 0.6 is 0 Å². The Labute approximate surface area is 147 Å². The van der Waals surface area contributed by atoms with Gasteiger partial charge in [0.15, 0.2) is 0 Å². The van der Waals surface area contributed by atoms with Gasteiger partial charge in [0.2, 0.25) is 5.91 Å². The minimum atomic E-state index is -0.0920. The Morgan fingerprint density at radius 2 is 1.68 bits per heavy atom. The quantitative estimate of drug-likeness (QED) is 0.933. The summed E-state index contributed by atoms with van der Waals surface area (Å²) in [7, 11) is 0. The van der Waals surface area contributed by atoms with Crippen LogP contribution in [0, 0.1) is 6.92 Å². The summed E-state index contributed by atoms with van der Waals surface area (Å²) in [5.74, 6) is -0.0394. The molecule has 6 nitrogen and oxygen atoms in total. The third-order valence-corrected chi connectivity index (χ3v) is 4.42. The molecule has 0 atom stereocenters. The van der Waals surface area contributed by atoms with Gasteiger partial charge in [0.05, 0.1) is 11.9 Å². The predicted molar refractivity (Wildman–Crippen MR) is 96.9 cm³/mol. The highest BCUT2D eigenvalue weighted by Gasteiger charge is 2.23. The average molecular weight is 338 g/mol. The molecule has 130 valence electrons. The average Bonchev–Trinajstić information content (AvgIpc) is 2.64. The number of piperazine rings is 1. The first-order valence-electron chi connectivity index (χ1n) is 8.38. The molecule has 1 aliphatic rings. The first-order chi connectivity index (χ1) is 12.0. The van der Waals surface area contributed by atoms with Crippen molar-refractivity contribution in [2.45, 2.75) is 13.8 Å². The van der Waals surface area contributed by atoms with Gasteiger partial charge in [0.25, 0.3) is 5.91 Å². The molecule has 0 bridgehead atoms. The van der Waals surface area contributed by atoms with Crippen molar-refractivity contribution in [3.8, 4) is 0 Å². The number of aryl methyl sites for hydroxylation is 1. The Balaban J connectivity index is 1.63. The number of rotatable bonds is 3. The van der Waals surface area contributed by atoms with E-state index in [4.69, 9.17) is 0 Å². The molecule has 0 radical (unpaired) electrons. The van der Waals surface area contributed by atoms with Crippen LogP contribution in [-0.2, 0) is 4.79 Å². The van der Waals surface area contributed by atoms with Crippen molar-refractivity contribution in [1.29, 1.82) is 0 Å². The molecule has 0 spiro atoms.